The Kier molecular flexibility index (Phi) is 3.50. The Hall–Kier alpha value is -0.920. The van der Waals surface area contributed by atoms with Gasteiger partial charge in [0, 0.05) is 19.8 Å². The molecule has 0 spiro atoms. The number of imidazole rings is 1. The lowest BCUT2D eigenvalue weighted by atomic mass is 10.0. The van der Waals surface area contributed by atoms with Gasteiger partial charge < -0.3 is 4.98 Å². The third kappa shape index (κ3) is 2.85. The van der Waals surface area contributed by atoms with E-state index in [0.717, 1.165) is 28.5 Å². The van der Waals surface area contributed by atoms with Gasteiger partial charge in [-0.25, -0.2) is 4.98 Å². The standard InChI is InChI=1S/C10H18N4O2S/c1-14(2)17(15,16)11-7-10-12-8-5-3-4-6-9(8)13-10/h11H,3-7H2,1-2H3,(H,12,13). The Morgan fingerprint density at radius 3 is 2.71 bits per heavy atom. The van der Waals surface area contributed by atoms with Crippen molar-refractivity contribution in [3.8, 4) is 0 Å². The maximum Gasteiger partial charge on any atom is 0.279 e. The van der Waals surface area contributed by atoms with Gasteiger partial charge in [0.2, 0.25) is 0 Å². The molecule has 2 rings (SSSR count). The molecule has 2 N–H and O–H groups in total. The Morgan fingerprint density at radius 1 is 1.35 bits per heavy atom. The Balaban J connectivity index is 2.03. The third-order valence-corrected chi connectivity index (χ3v) is 4.38. The van der Waals surface area contributed by atoms with Gasteiger partial charge in [-0.3, -0.25) is 0 Å². The largest absolute Gasteiger partial charge is 0.345 e. The van der Waals surface area contributed by atoms with Crippen molar-refractivity contribution in [2.75, 3.05) is 14.1 Å². The summed E-state index contributed by atoms with van der Waals surface area (Å²) in [6.07, 6.45) is 4.35. The molecule has 17 heavy (non-hydrogen) atoms. The second kappa shape index (κ2) is 4.75. The number of aromatic amines is 1. The fourth-order valence-corrected chi connectivity index (χ4v) is 2.46. The Bertz CT molecular complexity index is 469. The summed E-state index contributed by atoms with van der Waals surface area (Å²) >= 11 is 0. The van der Waals surface area contributed by atoms with Crippen LogP contribution >= 0.6 is 0 Å². The molecule has 7 heteroatoms. The SMILES string of the molecule is CN(C)S(=O)(=O)NCc1nc2c([nH]1)CCCC2. The predicted molar refractivity (Wildman–Crippen MR) is 64.7 cm³/mol. The van der Waals surface area contributed by atoms with Crippen LogP contribution in [0, 0.1) is 0 Å². The quantitative estimate of drug-likeness (QED) is 0.809. The van der Waals surface area contributed by atoms with Crippen LogP contribution in [0.15, 0.2) is 0 Å². The lowest BCUT2D eigenvalue weighted by molar-refractivity contribution is 0.504. The molecule has 0 saturated carbocycles. The highest BCUT2D eigenvalue weighted by molar-refractivity contribution is 7.87. The summed E-state index contributed by atoms with van der Waals surface area (Å²) in [5.74, 6) is 0.697. The van der Waals surface area contributed by atoms with Crippen molar-refractivity contribution in [1.82, 2.24) is 19.0 Å². The fraction of sp³-hybridized carbons (Fsp3) is 0.700. The van der Waals surface area contributed by atoms with Gasteiger partial charge in [-0.1, -0.05) is 0 Å². The highest BCUT2D eigenvalue weighted by Gasteiger charge is 2.17. The molecule has 0 atom stereocenters. The minimum absolute atomic E-state index is 0.216. The molecule has 0 bridgehead atoms. The first-order chi connectivity index (χ1) is 7.99. The van der Waals surface area contributed by atoms with Gasteiger partial charge in [-0.05, 0) is 25.7 Å². The summed E-state index contributed by atoms with van der Waals surface area (Å²) < 4.78 is 26.7. The summed E-state index contributed by atoms with van der Waals surface area (Å²) in [7, 11) is -0.383. The molecule has 0 amide bonds. The molecule has 0 saturated heterocycles. The van der Waals surface area contributed by atoms with Crippen LogP contribution in [0.25, 0.3) is 0 Å². The molecule has 96 valence electrons. The Morgan fingerprint density at radius 2 is 2.06 bits per heavy atom. The van der Waals surface area contributed by atoms with Crippen LogP contribution in [0.1, 0.15) is 30.1 Å². The molecule has 0 aromatic carbocycles. The first kappa shape index (κ1) is 12.5. The van der Waals surface area contributed by atoms with E-state index in [-0.39, 0.29) is 6.54 Å². The van der Waals surface area contributed by atoms with E-state index in [0.29, 0.717) is 5.82 Å². The summed E-state index contributed by atoms with van der Waals surface area (Å²) in [5, 5.41) is 0. The number of aromatic nitrogens is 2. The van der Waals surface area contributed by atoms with E-state index in [1.807, 2.05) is 0 Å². The van der Waals surface area contributed by atoms with Crippen LogP contribution in [-0.4, -0.2) is 36.8 Å². The van der Waals surface area contributed by atoms with Gasteiger partial charge in [0.15, 0.2) is 0 Å². The molecule has 1 aliphatic carbocycles. The molecule has 1 aliphatic rings. The van der Waals surface area contributed by atoms with E-state index in [9.17, 15) is 8.42 Å². The molecule has 0 radical (unpaired) electrons. The summed E-state index contributed by atoms with van der Waals surface area (Å²) in [6, 6.07) is 0. The predicted octanol–water partition coefficient (Wildman–Crippen LogP) is 0.185. The average molecular weight is 258 g/mol. The number of H-pyrrole nitrogens is 1. The average Bonchev–Trinajstić information content (AvgIpc) is 2.69. The van der Waals surface area contributed by atoms with Crippen LogP contribution in [-0.2, 0) is 29.6 Å². The van der Waals surface area contributed by atoms with E-state index in [2.05, 4.69) is 14.7 Å². The van der Waals surface area contributed by atoms with Gasteiger partial charge in [-0.15, -0.1) is 0 Å². The normalized spacial score (nSPS) is 16.2. The number of hydrogen-bond acceptors (Lipinski definition) is 3. The molecule has 1 aromatic rings. The maximum atomic E-state index is 11.5. The van der Waals surface area contributed by atoms with E-state index < -0.39 is 10.2 Å². The minimum atomic E-state index is -3.37. The number of rotatable bonds is 4. The van der Waals surface area contributed by atoms with Crippen molar-refractivity contribution in [3.63, 3.8) is 0 Å². The Labute approximate surface area is 102 Å². The summed E-state index contributed by atoms with van der Waals surface area (Å²) in [6.45, 7) is 0.216. The summed E-state index contributed by atoms with van der Waals surface area (Å²) in [5.41, 5.74) is 2.26. The molecule has 1 heterocycles. The zero-order chi connectivity index (χ0) is 12.5. The third-order valence-electron chi connectivity index (χ3n) is 2.91. The highest BCUT2D eigenvalue weighted by Crippen LogP contribution is 2.18. The number of nitrogens with zero attached hydrogens (tertiary/aromatic N) is 2. The second-order valence-electron chi connectivity index (χ2n) is 4.42. The first-order valence-corrected chi connectivity index (χ1v) is 7.17. The van der Waals surface area contributed by atoms with Gasteiger partial charge >= 0.3 is 0 Å². The van der Waals surface area contributed by atoms with E-state index in [1.54, 1.807) is 0 Å². The molecule has 6 nitrogen and oxygen atoms in total. The molecule has 0 fully saturated rings. The number of nitrogens with one attached hydrogen (secondary N) is 2. The minimum Gasteiger partial charge on any atom is -0.345 e. The van der Waals surface area contributed by atoms with Gasteiger partial charge in [0.05, 0.1) is 12.2 Å². The van der Waals surface area contributed by atoms with Crippen molar-refractivity contribution < 1.29 is 8.42 Å². The van der Waals surface area contributed by atoms with E-state index in [4.69, 9.17) is 0 Å². The van der Waals surface area contributed by atoms with Gasteiger partial charge in [-0.2, -0.15) is 17.4 Å². The first-order valence-electron chi connectivity index (χ1n) is 5.73. The van der Waals surface area contributed by atoms with Crippen LogP contribution in [0.4, 0.5) is 0 Å². The summed E-state index contributed by atoms with van der Waals surface area (Å²) in [4.78, 5) is 7.60. The zero-order valence-electron chi connectivity index (χ0n) is 10.2. The fourth-order valence-electron chi connectivity index (χ4n) is 1.88. The van der Waals surface area contributed by atoms with Crippen molar-refractivity contribution >= 4 is 10.2 Å². The van der Waals surface area contributed by atoms with Crippen LogP contribution in [0.3, 0.4) is 0 Å². The molecular formula is C10H18N4O2S. The lowest BCUT2D eigenvalue weighted by Crippen LogP contribution is -2.35. The number of aryl methyl sites for hydroxylation is 2. The lowest BCUT2D eigenvalue weighted by Gasteiger charge is -2.10. The van der Waals surface area contributed by atoms with Gasteiger partial charge in [0.25, 0.3) is 10.2 Å². The van der Waals surface area contributed by atoms with Crippen molar-refractivity contribution in [2.24, 2.45) is 0 Å². The zero-order valence-corrected chi connectivity index (χ0v) is 11.0. The number of hydrogen-bond donors (Lipinski definition) is 2. The second-order valence-corrected chi connectivity index (χ2v) is 6.39. The van der Waals surface area contributed by atoms with Crippen molar-refractivity contribution in [1.29, 1.82) is 0 Å². The van der Waals surface area contributed by atoms with Crippen LogP contribution < -0.4 is 4.72 Å². The topological polar surface area (TPSA) is 78.1 Å². The maximum absolute atomic E-state index is 11.5. The molecule has 0 aliphatic heterocycles. The monoisotopic (exact) mass is 258 g/mol. The van der Waals surface area contributed by atoms with Crippen LogP contribution in [0.2, 0.25) is 0 Å². The highest BCUT2D eigenvalue weighted by atomic mass is 32.2. The molecule has 0 unspecified atom stereocenters. The van der Waals surface area contributed by atoms with Crippen molar-refractivity contribution in [3.05, 3.63) is 17.2 Å². The van der Waals surface area contributed by atoms with E-state index >= 15 is 0 Å². The smallest absolute Gasteiger partial charge is 0.279 e. The van der Waals surface area contributed by atoms with E-state index in [1.165, 1.54) is 26.9 Å². The number of fused-ring (bicyclic) bond motifs is 1. The van der Waals surface area contributed by atoms with Gasteiger partial charge in [0.1, 0.15) is 5.82 Å². The molecule has 1 aromatic heterocycles. The van der Waals surface area contributed by atoms with Crippen LogP contribution in [0.5, 0.6) is 0 Å². The molecular weight excluding hydrogens is 240 g/mol. The van der Waals surface area contributed by atoms with Crippen molar-refractivity contribution in [2.45, 2.75) is 32.2 Å².